The Labute approximate surface area is 82.9 Å². The van der Waals surface area contributed by atoms with Crippen LogP contribution >= 0.6 is 0 Å². The number of esters is 1. The minimum atomic E-state index is -1.05. The molecule has 0 amide bonds. The van der Waals surface area contributed by atoms with Gasteiger partial charge in [-0.25, -0.2) is 9.59 Å². The van der Waals surface area contributed by atoms with Crippen LogP contribution in [0.15, 0.2) is 24.3 Å². The molecule has 0 aliphatic rings. The van der Waals surface area contributed by atoms with Gasteiger partial charge in [-0.2, -0.15) is 0 Å². The maximum atomic E-state index is 10.9. The third-order valence-corrected chi connectivity index (χ3v) is 1.32. The highest BCUT2D eigenvalue weighted by atomic mass is 16.5. The van der Waals surface area contributed by atoms with Gasteiger partial charge in [0.15, 0.2) is 0 Å². The minimum absolute atomic E-state index is 0.405. The first-order chi connectivity index (χ1) is 6.66. The van der Waals surface area contributed by atoms with Gasteiger partial charge in [-0.3, -0.25) is 0 Å². The summed E-state index contributed by atoms with van der Waals surface area (Å²) < 4.78 is 4.78. The number of carbonyl (C=O) groups excluding carboxylic acids is 1. The van der Waals surface area contributed by atoms with Gasteiger partial charge in [0.1, 0.15) is 0 Å². The molecule has 14 heavy (non-hydrogen) atoms. The van der Waals surface area contributed by atoms with Crippen LogP contribution in [-0.2, 0) is 14.3 Å². The molecule has 0 fully saturated rings. The van der Waals surface area contributed by atoms with Crippen molar-refractivity contribution in [2.45, 2.75) is 19.8 Å². The van der Waals surface area contributed by atoms with E-state index < -0.39 is 11.9 Å². The van der Waals surface area contributed by atoms with Crippen molar-refractivity contribution >= 4 is 11.9 Å². The first kappa shape index (κ1) is 12.4. The quantitative estimate of drug-likeness (QED) is 0.304. The van der Waals surface area contributed by atoms with Gasteiger partial charge in [0.2, 0.25) is 0 Å². The van der Waals surface area contributed by atoms with Gasteiger partial charge in [0, 0.05) is 12.2 Å². The van der Waals surface area contributed by atoms with Crippen molar-refractivity contribution < 1.29 is 19.4 Å². The standard InChI is InChI=1S/C10H14O4/c1-2-3-8-14-10(13)7-5-4-6-9(11)12/h4-7H,2-3,8H2,1H3,(H,11,12). The first-order valence-electron chi connectivity index (χ1n) is 4.41. The van der Waals surface area contributed by atoms with Crippen LogP contribution in [0.4, 0.5) is 0 Å². The summed E-state index contributed by atoms with van der Waals surface area (Å²) in [7, 11) is 0. The highest BCUT2D eigenvalue weighted by Gasteiger charge is 1.93. The Kier molecular flexibility index (Phi) is 7.13. The zero-order chi connectivity index (χ0) is 10.8. The van der Waals surface area contributed by atoms with Crippen molar-refractivity contribution in [3.63, 3.8) is 0 Å². The lowest BCUT2D eigenvalue weighted by molar-refractivity contribution is -0.138. The normalized spacial score (nSPS) is 10.9. The average molecular weight is 198 g/mol. The van der Waals surface area contributed by atoms with E-state index in [0.29, 0.717) is 6.61 Å². The lowest BCUT2D eigenvalue weighted by Gasteiger charge is -1.97. The van der Waals surface area contributed by atoms with E-state index in [4.69, 9.17) is 9.84 Å². The second kappa shape index (κ2) is 8.04. The van der Waals surface area contributed by atoms with Crippen LogP contribution in [0.2, 0.25) is 0 Å². The largest absolute Gasteiger partial charge is 0.478 e. The molecule has 0 aromatic heterocycles. The van der Waals surface area contributed by atoms with Crippen LogP contribution in [0.5, 0.6) is 0 Å². The molecule has 0 bridgehead atoms. The molecule has 0 radical (unpaired) electrons. The summed E-state index contributed by atoms with van der Waals surface area (Å²) >= 11 is 0. The molecular weight excluding hydrogens is 184 g/mol. The highest BCUT2D eigenvalue weighted by molar-refractivity contribution is 5.83. The van der Waals surface area contributed by atoms with E-state index in [9.17, 15) is 9.59 Å². The molecule has 0 aromatic rings. The predicted molar refractivity (Wildman–Crippen MR) is 51.8 cm³/mol. The van der Waals surface area contributed by atoms with Gasteiger partial charge in [0.25, 0.3) is 0 Å². The van der Waals surface area contributed by atoms with Crippen LogP contribution in [0.1, 0.15) is 19.8 Å². The van der Waals surface area contributed by atoms with E-state index in [1.807, 2.05) is 6.92 Å². The molecule has 0 saturated heterocycles. The summed E-state index contributed by atoms with van der Waals surface area (Å²) in [4.78, 5) is 20.9. The topological polar surface area (TPSA) is 63.6 Å². The minimum Gasteiger partial charge on any atom is -0.478 e. The predicted octanol–water partition coefficient (Wildman–Crippen LogP) is 1.53. The molecule has 0 rings (SSSR count). The van der Waals surface area contributed by atoms with Crippen molar-refractivity contribution in [1.82, 2.24) is 0 Å². The number of carbonyl (C=O) groups is 2. The number of carboxylic acids is 1. The van der Waals surface area contributed by atoms with Gasteiger partial charge in [-0.15, -0.1) is 0 Å². The van der Waals surface area contributed by atoms with Crippen molar-refractivity contribution in [3.05, 3.63) is 24.3 Å². The fourth-order valence-corrected chi connectivity index (χ4v) is 0.637. The summed E-state index contributed by atoms with van der Waals surface area (Å²) in [6.07, 6.45) is 6.54. The lowest BCUT2D eigenvalue weighted by Crippen LogP contribution is -2.01. The summed E-state index contributed by atoms with van der Waals surface area (Å²) in [5, 5.41) is 8.22. The molecule has 0 atom stereocenters. The molecule has 0 aromatic carbocycles. The maximum Gasteiger partial charge on any atom is 0.330 e. The van der Waals surface area contributed by atoms with E-state index in [-0.39, 0.29) is 0 Å². The molecule has 0 unspecified atom stereocenters. The second-order valence-corrected chi connectivity index (χ2v) is 2.58. The Bertz CT molecular complexity index is 241. The van der Waals surface area contributed by atoms with Gasteiger partial charge in [-0.05, 0) is 6.42 Å². The Morgan fingerprint density at radius 3 is 2.50 bits per heavy atom. The van der Waals surface area contributed by atoms with Crippen molar-refractivity contribution in [2.75, 3.05) is 6.61 Å². The number of carboxylic acid groups (broad SMARTS) is 1. The number of unbranched alkanes of at least 4 members (excludes halogenated alkanes) is 1. The smallest absolute Gasteiger partial charge is 0.330 e. The van der Waals surface area contributed by atoms with Crippen molar-refractivity contribution in [1.29, 1.82) is 0 Å². The zero-order valence-electron chi connectivity index (χ0n) is 8.10. The van der Waals surface area contributed by atoms with Gasteiger partial charge in [0.05, 0.1) is 6.61 Å². The number of ether oxygens (including phenoxy) is 1. The van der Waals surface area contributed by atoms with E-state index in [0.717, 1.165) is 18.9 Å². The van der Waals surface area contributed by atoms with Crippen LogP contribution in [0, 0.1) is 0 Å². The lowest BCUT2D eigenvalue weighted by atomic mass is 10.4. The van der Waals surface area contributed by atoms with Crippen molar-refractivity contribution in [2.24, 2.45) is 0 Å². The molecular formula is C10H14O4. The summed E-state index contributed by atoms with van der Waals surface area (Å²) in [5.41, 5.74) is 0. The first-order valence-corrected chi connectivity index (χ1v) is 4.41. The Morgan fingerprint density at radius 1 is 1.29 bits per heavy atom. The van der Waals surface area contributed by atoms with Crippen LogP contribution in [-0.4, -0.2) is 23.7 Å². The fourth-order valence-electron chi connectivity index (χ4n) is 0.637. The second-order valence-electron chi connectivity index (χ2n) is 2.58. The third kappa shape index (κ3) is 8.52. The third-order valence-electron chi connectivity index (χ3n) is 1.32. The van der Waals surface area contributed by atoms with E-state index in [2.05, 4.69) is 0 Å². The highest BCUT2D eigenvalue weighted by Crippen LogP contribution is 1.90. The molecule has 4 nitrogen and oxygen atoms in total. The molecule has 0 aliphatic carbocycles. The molecule has 0 saturated carbocycles. The SMILES string of the molecule is CCCCOC(=O)C=CC=CC(=O)O. The number of aliphatic carboxylic acids is 1. The summed E-state index contributed by atoms with van der Waals surface area (Å²) in [6, 6.07) is 0. The summed E-state index contributed by atoms with van der Waals surface area (Å²) in [5.74, 6) is -1.50. The number of hydrogen-bond acceptors (Lipinski definition) is 3. The molecule has 1 N–H and O–H groups in total. The van der Waals surface area contributed by atoms with Gasteiger partial charge >= 0.3 is 11.9 Å². The molecule has 78 valence electrons. The molecule has 4 heteroatoms. The van der Waals surface area contributed by atoms with E-state index in [1.165, 1.54) is 18.2 Å². The van der Waals surface area contributed by atoms with Crippen LogP contribution < -0.4 is 0 Å². The molecule has 0 spiro atoms. The number of allylic oxidation sites excluding steroid dienone is 2. The maximum absolute atomic E-state index is 10.9. The van der Waals surface area contributed by atoms with Crippen LogP contribution in [0.3, 0.4) is 0 Å². The molecule has 0 heterocycles. The zero-order valence-corrected chi connectivity index (χ0v) is 8.10. The van der Waals surface area contributed by atoms with Crippen LogP contribution in [0.25, 0.3) is 0 Å². The van der Waals surface area contributed by atoms with Gasteiger partial charge in [-0.1, -0.05) is 25.5 Å². The molecule has 0 aliphatic heterocycles. The van der Waals surface area contributed by atoms with Gasteiger partial charge < -0.3 is 9.84 Å². The van der Waals surface area contributed by atoms with E-state index in [1.54, 1.807) is 0 Å². The van der Waals surface area contributed by atoms with E-state index >= 15 is 0 Å². The Balaban J connectivity index is 3.66. The Hall–Kier alpha value is -1.58. The van der Waals surface area contributed by atoms with Crippen molar-refractivity contribution in [3.8, 4) is 0 Å². The monoisotopic (exact) mass is 198 g/mol. The number of hydrogen-bond donors (Lipinski definition) is 1. The number of rotatable bonds is 6. The Morgan fingerprint density at radius 2 is 1.93 bits per heavy atom. The fraction of sp³-hybridized carbons (Fsp3) is 0.400. The average Bonchev–Trinajstić information content (AvgIpc) is 2.13. The summed E-state index contributed by atoms with van der Waals surface area (Å²) in [6.45, 7) is 2.40.